The third-order valence-corrected chi connectivity index (χ3v) is 1.15. The van der Waals surface area contributed by atoms with Crippen LogP contribution < -0.4 is 0 Å². The number of unbranched alkanes of at least 4 members (excludes halogenated alkanes) is 2. The maximum atomic E-state index is 4.47. The zero-order valence-corrected chi connectivity index (χ0v) is 7.26. The van der Waals surface area contributed by atoms with Gasteiger partial charge in [0.25, 0.3) is 0 Å². The van der Waals surface area contributed by atoms with Crippen LogP contribution in [-0.2, 0) is 4.84 Å². The zero-order valence-electron chi connectivity index (χ0n) is 7.26. The van der Waals surface area contributed by atoms with Crippen LogP contribution in [0.15, 0.2) is 5.16 Å². The Morgan fingerprint density at radius 2 is 2.27 bits per heavy atom. The van der Waals surface area contributed by atoms with Crippen molar-refractivity contribution in [2.75, 3.05) is 7.11 Å². The summed E-state index contributed by atoms with van der Waals surface area (Å²) in [6.45, 7) is 2.16. The second kappa shape index (κ2) is 9.03. The number of oxime groups is 1. The van der Waals surface area contributed by atoms with Gasteiger partial charge in [0, 0.05) is 12.8 Å². The maximum Gasteiger partial charge on any atom is 0.106 e. The summed E-state index contributed by atoms with van der Waals surface area (Å²) in [6.07, 6.45) is 5.75. The van der Waals surface area contributed by atoms with Gasteiger partial charge in [0.15, 0.2) is 0 Å². The monoisotopic (exact) mass is 153 g/mol. The van der Waals surface area contributed by atoms with E-state index in [-0.39, 0.29) is 0 Å². The topological polar surface area (TPSA) is 21.6 Å². The lowest BCUT2D eigenvalue weighted by atomic mass is 10.2. The molecule has 62 valence electrons. The molecule has 0 aliphatic rings. The lowest BCUT2D eigenvalue weighted by Gasteiger charge is -1.83. The van der Waals surface area contributed by atoms with Gasteiger partial charge in [-0.15, -0.1) is 5.92 Å². The third-order valence-electron chi connectivity index (χ3n) is 1.15. The van der Waals surface area contributed by atoms with Crippen molar-refractivity contribution in [2.24, 2.45) is 5.16 Å². The first-order chi connectivity index (χ1) is 5.41. The summed E-state index contributed by atoms with van der Waals surface area (Å²) in [6, 6.07) is 0. The van der Waals surface area contributed by atoms with E-state index < -0.39 is 0 Å². The highest BCUT2D eigenvalue weighted by Crippen LogP contribution is 1.90. The average molecular weight is 153 g/mol. The molecule has 0 heterocycles. The Bertz CT molecular complexity index is 153. The van der Waals surface area contributed by atoms with Gasteiger partial charge in [0.05, 0.1) is 6.21 Å². The number of hydrogen-bond acceptors (Lipinski definition) is 2. The SMILES string of the molecule is CCCCC#CCC=NOC. The Morgan fingerprint density at radius 1 is 1.45 bits per heavy atom. The van der Waals surface area contributed by atoms with Crippen molar-refractivity contribution in [1.82, 2.24) is 0 Å². The van der Waals surface area contributed by atoms with E-state index in [2.05, 4.69) is 28.8 Å². The first-order valence-electron chi connectivity index (χ1n) is 3.92. The van der Waals surface area contributed by atoms with Crippen LogP contribution in [0.25, 0.3) is 0 Å². The van der Waals surface area contributed by atoms with Gasteiger partial charge in [-0.1, -0.05) is 24.4 Å². The molecule has 0 atom stereocenters. The first-order valence-corrected chi connectivity index (χ1v) is 3.92. The van der Waals surface area contributed by atoms with Crippen molar-refractivity contribution >= 4 is 6.21 Å². The fraction of sp³-hybridized carbons (Fsp3) is 0.667. The second-order valence-electron chi connectivity index (χ2n) is 2.13. The minimum Gasteiger partial charge on any atom is -0.399 e. The molecule has 0 aliphatic heterocycles. The molecule has 11 heavy (non-hydrogen) atoms. The van der Waals surface area contributed by atoms with Crippen LogP contribution in [0.1, 0.15) is 32.6 Å². The molecule has 0 unspecified atom stereocenters. The van der Waals surface area contributed by atoms with Crippen molar-refractivity contribution in [3.8, 4) is 11.8 Å². The van der Waals surface area contributed by atoms with Gasteiger partial charge in [-0.2, -0.15) is 0 Å². The molecule has 0 aliphatic carbocycles. The minimum atomic E-state index is 0.692. The highest BCUT2D eigenvalue weighted by molar-refractivity contribution is 5.60. The molecule has 0 aromatic heterocycles. The number of nitrogens with zero attached hydrogens (tertiary/aromatic N) is 1. The Kier molecular flexibility index (Phi) is 8.23. The van der Waals surface area contributed by atoms with E-state index in [1.807, 2.05) is 0 Å². The van der Waals surface area contributed by atoms with E-state index in [1.165, 1.54) is 20.0 Å². The number of hydrogen-bond donors (Lipinski definition) is 0. The Hall–Kier alpha value is -0.970. The predicted molar refractivity (Wildman–Crippen MR) is 47.4 cm³/mol. The van der Waals surface area contributed by atoms with E-state index in [4.69, 9.17) is 0 Å². The van der Waals surface area contributed by atoms with Crippen LogP contribution in [0.4, 0.5) is 0 Å². The van der Waals surface area contributed by atoms with Crippen LogP contribution in [-0.4, -0.2) is 13.3 Å². The average Bonchev–Trinajstić information content (AvgIpc) is 2.03. The standard InChI is InChI=1S/C9H15NO/c1-3-4-5-6-7-8-9-10-11-2/h9H,3-5,8H2,1-2H3. The summed E-state index contributed by atoms with van der Waals surface area (Å²) in [5.41, 5.74) is 0. The van der Waals surface area contributed by atoms with E-state index in [0.717, 1.165) is 6.42 Å². The van der Waals surface area contributed by atoms with Crippen LogP contribution in [0.3, 0.4) is 0 Å². The Balaban J connectivity index is 3.18. The van der Waals surface area contributed by atoms with Gasteiger partial charge in [-0.3, -0.25) is 0 Å². The normalized spacial score (nSPS) is 9.27. The molecular weight excluding hydrogens is 138 g/mol. The van der Waals surface area contributed by atoms with Crippen LogP contribution in [0.5, 0.6) is 0 Å². The van der Waals surface area contributed by atoms with Crippen molar-refractivity contribution in [3.63, 3.8) is 0 Å². The van der Waals surface area contributed by atoms with E-state index in [9.17, 15) is 0 Å². The van der Waals surface area contributed by atoms with E-state index in [1.54, 1.807) is 6.21 Å². The van der Waals surface area contributed by atoms with Gasteiger partial charge >= 0.3 is 0 Å². The second-order valence-corrected chi connectivity index (χ2v) is 2.13. The van der Waals surface area contributed by atoms with Crippen LogP contribution >= 0.6 is 0 Å². The smallest absolute Gasteiger partial charge is 0.106 e. The van der Waals surface area contributed by atoms with Gasteiger partial charge in [0.2, 0.25) is 0 Å². The Morgan fingerprint density at radius 3 is 2.91 bits per heavy atom. The molecule has 0 amide bonds. The summed E-state index contributed by atoms with van der Waals surface area (Å²) in [5.74, 6) is 6.02. The quantitative estimate of drug-likeness (QED) is 0.262. The van der Waals surface area contributed by atoms with Gasteiger partial charge < -0.3 is 4.84 Å². The molecule has 0 saturated heterocycles. The van der Waals surface area contributed by atoms with E-state index in [0.29, 0.717) is 6.42 Å². The van der Waals surface area contributed by atoms with Crippen molar-refractivity contribution in [1.29, 1.82) is 0 Å². The Labute approximate surface area is 68.6 Å². The summed E-state index contributed by atoms with van der Waals surface area (Å²) in [4.78, 5) is 4.47. The van der Waals surface area contributed by atoms with Crippen LogP contribution in [0, 0.1) is 11.8 Å². The molecular formula is C9H15NO. The molecule has 2 heteroatoms. The summed E-state index contributed by atoms with van der Waals surface area (Å²) in [7, 11) is 1.53. The fourth-order valence-corrected chi connectivity index (χ4v) is 0.583. The molecule has 0 rings (SSSR count). The van der Waals surface area contributed by atoms with Crippen molar-refractivity contribution in [3.05, 3.63) is 0 Å². The molecule has 0 spiro atoms. The fourth-order valence-electron chi connectivity index (χ4n) is 0.583. The number of rotatable bonds is 4. The lowest BCUT2D eigenvalue weighted by Crippen LogP contribution is -1.73. The highest BCUT2D eigenvalue weighted by Gasteiger charge is 1.75. The molecule has 0 bridgehead atoms. The van der Waals surface area contributed by atoms with Gasteiger partial charge in [-0.05, 0) is 6.42 Å². The summed E-state index contributed by atoms with van der Waals surface area (Å²) >= 11 is 0. The predicted octanol–water partition coefficient (Wildman–Crippen LogP) is 2.20. The summed E-state index contributed by atoms with van der Waals surface area (Å²) < 4.78 is 0. The summed E-state index contributed by atoms with van der Waals surface area (Å²) in [5, 5.41) is 3.56. The highest BCUT2D eigenvalue weighted by atomic mass is 16.6. The first kappa shape index (κ1) is 10.0. The third kappa shape index (κ3) is 9.03. The van der Waals surface area contributed by atoms with Gasteiger partial charge in [0.1, 0.15) is 7.11 Å². The van der Waals surface area contributed by atoms with Gasteiger partial charge in [-0.25, -0.2) is 0 Å². The molecule has 0 fully saturated rings. The van der Waals surface area contributed by atoms with E-state index >= 15 is 0 Å². The van der Waals surface area contributed by atoms with Crippen molar-refractivity contribution < 1.29 is 4.84 Å². The molecule has 0 aromatic carbocycles. The zero-order chi connectivity index (χ0) is 8.36. The molecule has 0 aromatic rings. The molecule has 0 N–H and O–H groups in total. The molecule has 0 saturated carbocycles. The van der Waals surface area contributed by atoms with Crippen molar-refractivity contribution in [2.45, 2.75) is 32.6 Å². The molecule has 2 nitrogen and oxygen atoms in total. The van der Waals surface area contributed by atoms with Crippen LogP contribution in [0.2, 0.25) is 0 Å². The molecule has 0 radical (unpaired) electrons. The lowest BCUT2D eigenvalue weighted by molar-refractivity contribution is 0.215. The largest absolute Gasteiger partial charge is 0.399 e. The maximum absolute atomic E-state index is 4.47. The minimum absolute atomic E-state index is 0.692.